The van der Waals surface area contributed by atoms with Crippen molar-refractivity contribution in [2.75, 3.05) is 13.7 Å². The van der Waals surface area contributed by atoms with Gasteiger partial charge < -0.3 is 9.47 Å². The van der Waals surface area contributed by atoms with Gasteiger partial charge in [0.1, 0.15) is 5.75 Å². The van der Waals surface area contributed by atoms with Gasteiger partial charge in [-0.2, -0.15) is 0 Å². The molecule has 0 aliphatic rings. The zero-order valence-electron chi connectivity index (χ0n) is 11.2. The van der Waals surface area contributed by atoms with Crippen LogP contribution >= 0.6 is 0 Å². The van der Waals surface area contributed by atoms with E-state index in [4.69, 9.17) is 9.47 Å². The van der Waals surface area contributed by atoms with Crippen molar-refractivity contribution in [2.24, 2.45) is 0 Å². The van der Waals surface area contributed by atoms with Crippen molar-refractivity contribution < 1.29 is 9.47 Å². The molecule has 0 saturated carbocycles. The summed E-state index contributed by atoms with van der Waals surface area (Å²) >= 11 is 0. The van der Waals surface area contributed by atoms with Gasteiger partial charge in [0.15, 0.2) is 0 Å². The topological polar surface area (TPSA) is 18.5 Å². The molecule has 0 fully saturated rings. The molecule has 2 nitrogen and oxygen atoms in total. The molecule has 0 bridgehead atoms. The van der Waals surface area contributed by atoms with E-state index in [1.165, 1.54) is 5.56 Å². The van der Waals surface area contributed by atoms with E-state index in [1.54, 1.807) is 7.11 Å². The molecular formula is C17H19O2. The third-order valence-corrected chi connectivity index (χ3v) is 3.02. The average Bonchev–Trinajstić information content (AvgIpc) is 2.49. The van der Waals surface area contributed by atoms with Crippen LogP contribution in [0, 0.1) is 6.07 Å². The largest absolute Gasteiger partial charge is 0.494 e. The first kappa shape index (κ1) is 13.6. The summed E-state index contributed by atoms with van der Waals surface area (Å²) in [5.74, 6) is 0.896. The molecule has 2 aromatic rings. The van der Waals surface area contributed by atoms with Gasteiger partial charge in [-0.05, 0) is 36.6 Å². The monoisotopic (exact) mass is 255 g/mol. The first-order valence-corrected chi connectivity index (χ1v) is 6.57. The molecule has 1 atom stereocenters. The molecule has 2 rings (SSSR count). The molecule has 1 unspecified atom stereocenters. The Balaban J connectivity index is 1.75. The fourth-order valence-electron chi connectivity index (χ4n) is 2.01. The van der Waals surface area contributed by atoms with Crippen LogP contribution in [0.15, 0.2) is 54.6 Å². The quantitative estimate of drug-likeness (QED) is 0.695. The van der Waals surface area contributed by atoms with Crippen LogP contribution in [-0.2, 0) is 4.74 Å². The normalized spacial score (nSPS) is 12.1. The van der Waals surface area contributed by atoms with Crippen molar-refractivity contribution in [3.8, 4) is 5.75 Å². The number of rotatable bonds is 7. The molecule has 0 spiro atoms. The molecular weight excluding hydrogens is 236 g/mol. The summed E-state index contributed by atoms with van der Waals surface area (Å²) in [5, 5.41) is 0. The highest BCUT2D eigenvalue weighted by atomic mass is 16.5. The molecule has 2 heteroatoms. The van der Waals surface area contributed by atoms with Gasteiger partial charge in [-0.3, -0.25) is 0 Å². The Bertz CT molecular complexity index is 453. The van der Waals surface area contributed by atoms with Crippen LogP contribution < -0.4 is 4.74 Å². The standard InChI is InChI=1S/C17H19O2/c1-18-17(15-9-4-2-5-10-15)13-8-14-19-16-11-6-3-7-12-16/h2,4-7,9-12,17H,8,13-14H2,1H3. The van der Waals surface area contributed by atoms with Crippen LogP contribution in [0.3, 0.4) is 0 Å². The summed E-state index contributed by atoms with van der Waals surface area (Å²) in [6, 6.07) is 20.8. The fourth-order valence-corrected chi connectivity index (χ4v) is 2.01. The molecule has 0 aliphatic carbocycles. The highest BCUT2D eigenvalue weighted by molar-refractivity contribution is 5.20. The Hall–Kier alpha value is -1.80. The number of benzene rings is 2. The van der Waals surface area contributed by atoms with Gasteiger partial charge in [-0.15, -0.1) is 0 Å². The molecule has 0 saturated heterocycles. The lowest BCUT2D eigenvalue weighted by molar-refractivity contribution is 0.0894. The zero-order valence-corrected chi connectivity index (χ0v) is 11.2. The predicted octanol–water partition coefficient (Wildman–Crippen LogP) is 4.03. The summed E-state index contributed by atoms with van der Waals surface area (Å²) in [7, 11) is 1.76. The van der Waals surface area contributed by atoms with Crippen molar-refractivity contribution in [2.45, 2.75) is 18.9 Å². The van der Waals surface area contributed by atoms with E-state index in [2.05, 4.69) is 18.2 Å². The minimum absolute atomic E-state index is 0.147. The maximum atomic E-state index is 5.66. The predicted molar refractivity (Wildman–Crippen MR) is 76.2 cm³/mol. The van der Waals surface area contributed by atoms with Crippen LogP contribution in [0.4, 0.5) is 0 Å². The maximum absolute atomic E-state index is 5.66. The Labute approximate surface area is 115 Å². The SMILES string of the molecule is COC(CCCOc1cc[c]cc1)c1ccccc1. The summed E-state index contributed by atoms with van der Waals surface area (Å²) < 4.78 is 11.2. The molecule has 0 N–H and O–H groups in total. The van der Waals surface area contributed by atoms with Gasteiger partial charge in [0.05, 0.1) is 12.7 Å². The second-order valence-corrected chi connectivity index (χ2v) is 4.36. The van der Waals surface area contributed by atoms with E-state index in [0.29, 0.717) is 6.61 Å². The molecule has 0 aliphatic heterocycles. The number of hydrogen-bond acceptors (Lipinski definition) is 2. The Morgan fingerprint density at radius 1 is 1.05 bits per heavy atom. The number of ether oxygens (including phenoxy) is 2. The lowest BCUT2D eigenvalue weighted by Crippen LogP contribution is -2.05. The third kappa shape index (κ3) is 4.42. The van der Waals surface area contributed by atoms with E-state index in [0.717, 1.165) is 18.6 Å². The van der Waals surface area contributed by atoms with Gasteiger partial charge in [0.25, 0.3) is 0 Å². The smallest absolute Gasteiger partial charge is 0.119 e. The zero-order chi connectivity index (χ0) is 13.3. The van der Waals surface area contributed by atoms with Crippen molar-refractivity contribution in [1.82, 2.24) is 0 Å². The number of methoxy groups -OCH3 is 1. The Kier molecular flexibility index (Phi) is 5.45. The summed E-state index contributed by atoms with van der Waals surface area (Å²) in [6.45, 7) is 0.705. The highest BCUT2D eigenvalue weighted by Crippen LogP contribution is 2.21. The average molecular weight is 255 g/mol. The molecule has 2 aromatic carbocycles. The lowest BCUT2D eigenvalue weighted by Gasteiger charge is -2.15. The Morgan fingerprint density at radius 2 is 1.79 bits per heavy atom. The summed E-state index contributed by atoms with van der Waals surface area (Å²) in [4.78, 5) is 0. The van der Waals surface area contributed by atoms with Gasteiger partial charge in [-0.25, -0.2) is 0 Å². The van der Waals surface area contributed by atoms with E-state index >= 15 is 0 Å². The minimum Gasteiger partial charge on any atom is -0.494 e. The van der Waals surface area contributed by atoms with Crippen LogP contribution in [-0.4, -0.2) is 13.7 Å². The van der Waals surface area contributed by atoms with Crippen LogP contribution in [0.25, 0.3) is 0 Å². The summed E-state index contributed by atoms with van der Waals surface area (Å²) in [5.41, 5.74) is 1.22. The third-order valence-electron chi connectivity index (χ3n) is 3.02. The minimum atomic E-state index is 0.147. The van der Waals surface area contributed by atoms with E-state index < -0.39 is 0 Å². The first-order valence-electron chi connectivity index (χ1n) is 6.57. The van der Waals surface area contributed by atoms with E-state index in [1.807, 2.05) is 42.5 Å². The van der Waals surface area contributed by atoms with Crippen LogP contribution in [0.2, 0.25) is 0 Å². The van der Waals surface area contributed by atoms with E-state index in [-0.39, 0.29) is 6.10 Å². The van der Waals surface area contributed by atoms with Crippen molar-refractivity contribution in [3.05, 3.63) is 66.2 Å². The lowest BCUT2D eigenvalue weighted by atomic mass is 10.1. The summed E-state index contributed by atoms with van der Waals surface area (Å²) in [6.07, 6.45) is 2.07. The number of hydrogen-bond donors (Lipinski definition) is 0. The van der Waals surface area contributed by atoms with Crippen LogP contribution in [0.1, 0.15) is 24.5 Å². The van der Waals surface area contributed by atoms with Crippen molar-refractivity contribution in [1.29, 1.82) is 0 Å². The van der Waals surface area contributed by atoms with Gasteiger partial charge in [0, 0.05) is 7.11 Å². The van der Waals surface area contributed by atoms with Gasteiger partial charge >= 0.3 is 0 Å². The second-order valence-electron chi connectivity index (χ2n) is 4.36. The van der Waals surface area contributed by atoms with Crippen molar-refractivity contribution >= 4 is 0 Å². The van der Waals surface area contributed by atoms with Crippen LogP contribution in [0.5, 0.6) is 5.75 Å². The molecule has 0 aromatic heterocycles. The molecule has 99 valence electrons. The van der Waals surface area contributed by atoms with Gasteiger partial charge in [-0.1, -0.05) is 42.5 Å². The molecule has 0 heterocycles. The highest BCUT2D eigenvalue weighted by Gasteiger charge is 2.09. The van der Waals surface area contributed by atoms with E-state index in [9.17, 15) is 0 Å². The molecule has 1 radical (unpaired) electrons. The fraction of sp³-hybridized carbons (Fsp3) is 0.294. The molecule has 19 heavy (non-hydrogen) atoms. The van der Waals surface area contributed by atoms with Crippen molar-refractivity contribution in [3.63, 3.8) is 0 Å². The second kappa shape index (κ2) is 7.59. The Morgan fingerprint density at radius 3 is 2.47 bits per heavy atom. The maximum Gasteiger partial charge on any atom is 0.119 e. The first-order chi connectivity index (χ1) is 9.40. The van der Waals surface area contributed by atoms with Gasteiger partial charge in [0.2, 0.25) is 0 Å². The molecule has 0 amide bonds.